The van der Waals surface area contributed by atoms with Crippen LogP contribution in [0.15, 0.2) is 24.4 Å². The third-order valence-corrected chi connectivity index (χ3v) is 3.27. The minimum absolute atomic E-state index is 0.0239. The van der Waals surface area contributed by atoms with Crippen molar-refractivity contribution in [3.8, 4) is 5.88 Å². The minimum Gasteiger partial charge on any atom is -0.482 e. The molecule has 1 aliphatic rings. The first-order valence-corrected chi connectivity index (χ1v) is 6.05. The lowest BCUT2D eigenvalue weighted by atomic mass is 10.0. The van der Waals surface area contributed by atoms with Crippen LogP contribution in [0.4, 0.5) is 0 Å². The topological polar surface area (TPSA) is 55.6 Å². The number of hydrogen-bond acceptors (Lipinski definition) is 4. The Labute approximate surface area is 105 Å². The van der Waals surface area contributed by atoms with Crippen molar-refractivity contribution in [2.75, 3.05) is 13.7 Å². The molecule has 3 heterocycles. The van der Waals surface area contributed by atoms with Gasteiger partial charge < -0.3 is 10.1 Å². The first kappa shape index (κ1) is 11.2. The van der Waals surface area contributed by atoms with Gasteiger partial charge in [0.25, 0.3) is 0 Å². The predicted molar refractivity (Wildman–Crippen MR) is 66.7 cm³/mol. The van der Waals surface area contributed by atoms with E-state index in [0.29, 0.717) is 18.6 Å². The largest absolute Gasteiger partial charge is 0.482 e. The van der Waals surface area contributed by atoms with Crippen LogP contribution in [0.3, 0.4) is 0 Å². The molecule has 2 aromatic rings. The van der Waals surface area contributed by atoms with Crippen LogP contribution < -0.4 is 10.1 Å². The van der Waals surface area contributed by atoms with Gasteiger partial charge in [-0.05, 0) is 12.1 Å². The van der Waals surface area contributed by atoms with E-state index in [1.807, 2.05) is 28.8 Å². The number of imidazole rings is 1. The fraction of sp³-hybridized carbons (Fsp3) is 0.385. The average molecular weight is 245 g/mol. The van der Waals surface area contributed by atoms with Crippen molar-refractivity contribution in [1.82, 2.24) is 14.7 Å². The molecule has 0 aliphatic carbocycles. The Balaban J connectivity index is 2.00. The number of nitrogens with one attached hydrogen (secondary N) is 1. The van der Waals surface area contributed by atoms with E-state index >= 15 is 0 Å². The molecule has 3 rings (SSSR count). The van der Waals surface area contributed by atoms with Crippen molar-refractivity contribution >= 4 is 11.4 Å². The standard InChI is InChI=1S/C13H15N3O2/c1-18-13-4-2-3-12-15-11(8-16(12)13)10-7-9(17)5-6-14-10/h2-4,8,10,14H,5-7H2,1H3. The molecule has 1 fully saturated rings. The van der Waals surface area contributed by atoms with Gasteiger partial charge >= 0.3 is 0 Å². The monoisotopic (exact) mass is 245 g/mol. The van der Waals surface area contributed by atoms with Crippen molar-refractivity contribution in [1.29, 1.82) is 0 Å². The fourth-order valence-corrected chi connectivity index (χ4v) is 2.34. The van der Waals surface area contributed by atoms with E-state index < -0.39 is 0 Å². The number of piperidine rings is 1. The summed E-state index contributed by atoms with van der Waals surface area (Å²) in [6.45, 7) is 0.731. The van der Waals surface area contributed by atoms with Gasteiger partial charge in [0.15, 0.2) is 5.88 Å². The molecule has 5 nitrogen and oxygen atoms in total. The second-order valence-electron chi connectivity index (χ2n) is 4.46. The summed E-state index contributed by atoms with van der Waals surface area (Å²) in [6, 6.07) is 5.75. The summed E-state index contributed by atoms with van der Waals surface area (Å²) in [5, 5.41) is 3.33. The van der Waals surface area contributed by atoms with Crippen molar-refractivity contribution in [2.45, 2.75) is 18.9 Å². The third kappa shape index (κ3) is 1.86. The predicted octanol–water partition coefficient (Wildman–Crippen LogP) is 1.34. The van der Waals surface area contributed by atoms with Gasteiger partial charge in [-0.2, -0.15) is 0 Å². The molecule has 2 aromatic heterocycles. The lowest BCUT2D eigenvalue weighted by Crippen LogP contribution is -2.32. The molecule has 1 saturated heterocycles. The highest BCUT2D eigenvalue weighted by Gasteiger charge is 2.22. The van der Waals surface area contributed by atoms with E-state index in [4.69, 9.17) is 4.74 Å². The van der Waals surface area contributed by atoms with Gasteiger partial charge in [0.05, 0.1) is 18.8 Å². The number of ether oxygens (including phenoxy) is 1. The third-order valence-electron chi connectivity index (χ3n) is 3.27. The van der Waals surface area contributed by atoms with Crippen LogP contribution >= 0.6 is 0 Å². The van der Waals surface area contributed by atoms with Gasteiger partial charge in [-0.15, -0.1) is 0 Å². The number of pyridine rings is 1. The van der Waals surface area contributed by atoms with Gasteiger partial charge in [-0.25, -0.2) is 4.98 Å². The normalized spacial score (nSPS) is 20.3. The summed E-state index contributed by atoms with van der Waals surface area (Å²) in [5.41, 5.74) is 1.73. The number of hydrogen-bond donors (Lipinski definition) is 1. The summed E-state index contributed by atoms with van der Waals surface area (Å²) in [5.74, 6) is 1.04. The highest BCUT2D eigenvalue weighted by Crippen LogP contribution is 2.23. The number of carbonyl (C=O) groups excluding carboxylic acids is 1. The number of nitrogens with zero attached hydrogens (tertiary/aromatic N) is 2. The Morgan fingerprint density at radius 2 is 2.39 bits per heavy atom. The SMILES string of the molecule is COc1cccc2nc(C3CC(=O)CCN3)cn12. The zero-order valence-corrected chi connectivity index (χ0v) is 10.2. The molecule has 5 heteroatoms. The van der Waals surface area contributed by atoms with Gasteiger partial charge in [0, 0.05) is 25.6 Å². The second kappa shape index (κ2) is 4.42. The number of ketones is 1. The summed E-state index contributed by atoms with van der Waals surface area (Å²) >= 11 is 0. The first-order valence-electron chi connectivity index (χ1n) is 6.05. The van der Waals surface area contributed by atoms with Crippen LogP contribution in [0.1, 0.15) is 24.6 Å². The molecule has 0 amide bonds. The molecule has 1 atom stereocenters. The molecule has 1 aliphatic heterocycles. The first-order chi connectivity index (χ1) is 8.78. The summed E-state index contributed by atoms with van der Waals surface area (Å²) in [4.78, 5) is 16.0. The maximum absolute atomic E-state index is 11.5. The minimum atomic E-state index is 0.0239. The van der Waals surface area contributed by atoms with Crippen LogP contribution in [0, 0.1) is 0 Å². The Morgan fingerprint density at radius 1 is 1.50 bits per heavy atom. The molecular weight excluding hydrogens is 230 g/mol. The zero-order valence-electron chi connectivity index (χ0n) is 10.2. The van der Waals surface area contributed by atoms with Crippen molar-refractivity contribution in [3.63, 3.8) is 0 Å². The van der Waals surface area contributed by atoms with Crippen molar-refractivity contribution in [2.24, 2.45) is 0 Å². The second-order valence-corrected chi connectivity index (χ2v) is 4.46. The summed E-state index contributed by atoms with van der Waals surface area (Å²) < 4.78 is 7.18. The Bertz CT molecular complexity index is 591. The molecule has 18 heavy (non-hydrogen) atoms. The van der Waals surface area contributed by atoms with Crippen LogP contribution in [-0.4, -0.2) is 28.8 Å². The molecule has 0 saturated carbocycles. The van der Waals surface area contributed by atoms with Crippen LogP contribution in [0.5, 0.6) is 5.88 Å². The van der Waals surface area contributed by atoms with Crippen LogP contribution in [0.25, 0.3) is 5.65 Å². The van der Waals surface area contributed by atoms with E-state index in [1.54, 1.807) is 7.11 Å². The number of methoxy groups -OCH3 is 1. The molecule has 1 unspecified atom stereocenters. The number of rotatable bonds is 2. The molecule has 0 aromatic carbocycles. The van der Waals surface area contributed by atoms with E-state index in [2.05, 4.69) is 10.3 Å². The maximum Gasteiger partial charge on any atom is 0.198 e. The Kier molecular flexibility index (Phi) is 2.76. The number of fused-ring (bicyclic) bond motifs is 1. The molecule has 0 bridgehead atoms. The summed E-state index contributed by atoms with van der Waals surface area (Å²) in [6.07, 6.45) is 3.07. The fourth-order valence-electron chi connectivity index (χ4n) is 2.34. The van der Waals surface area contributed by atoms with Crippen LogP contribution in [0.2, 0.25) is 0 Å². The smallest absolute Gasteiger partial charge is 0.198 e. The molecule has 94 valence electrons. The quantitative estimate of drug-likeness (QED) is 0.867. The van der Waals surface area contributed by atoms with Gasteiger partial charge in [0.2, 0.25) is 0 Å². The molecule has 0 radical (unpaired) electrons. The zero-order chi connectivity index (χ0) is 12.5. The van der Waals surface area contributed by atoms with Gasteiger partial charge in [-0.1, -0.05) is 6.07 Å². The van der Waals surface area contributed by atoms with Crippen LogP contribution in [-0.2, 0) is 4.79 Å². The molecular formula is C13H15N3O2. The highest BCUT2D eigenvalue weighted by atomic mass is 16.5. The van der Waals surface area contributed by atoms with E-state index in [1.165, 1.54) is 0 Å². The molecule has 0 spiro atoms. The Hall–Kier alpha value is -1.88. The van der Waals surface area contributed by atoms with E-state index in [9.17, 15) is 4.79 Å². The number of Topliss-reactive ketones (excluding diaryl/α,β-unsaturated/α-hetero) is 1. The van der Waals surface area contributed by atoms with E-state index in [-0.39, 0.29) is 6.04 Å². The average Bonchev–Trinajstić information content (AvgIpc) is 2.82. The number of aromatic nitrogens is 2. The van der Waals surface area contributed by atoms with Crippen molar-refractivity contribution < 1.29 is 9.53 Å². The van der Waals surface area contributed by atoms with Gasteiger partial charge in [-0.3, -0.25) is 9.20 Å². The van der Waals surface area contributed by atoms with Crippen molar-refractivity contribution in [3.05, 3.63) is 30.1 Å². The Morgan fingerprint density at radius 3 is 3.17 bits per heavy atom. The highest BCUT2D eigenvalue weighted by molar-refractivity contribution is 5.80. The lowest BCUT2D eigenvalue weighted by molar-refractivity contribution is -0.120. The number of carbonyl (C=O) groups is 1. The van der Waals surface area contributed by atoms with Gasteiger partial charge in [0.1, 0.15) is 11.4 Å². The maximum atomic E-state index is 11.5. The summed E-state index contributed by atoms with van der Waals surface area (Å²) in [7, 11) is 1.64. The lowest BCUT2D eigenvalue weighted by Gasteiger charge is -2.20. The molecule has 1 N–H and O–H groups in total. The van der Waals surface area contributed by atoms with E-state index in [0.717, 1.165) is 23.8 Å².